The van der Waals surface area contributed by atoms with E-state index < -0.39 is 0 Å². The molecular formula is C25H31FN4O2. The summed E-state index contributed by atoms with van der Waals surface area (Å²) in [7, 11) is 2.19. The van der Waals surface area contributed by atoms with Gasteiger partial charge >= 0.3 is 0 Å². The molecule has 2 aromatic carbocycles. The second kappa shape index (κ2) is 9.69. The number of aromatic nitrogens is 2. The van der Waals surface area contributed by atoms with E-state index >= 15 is 0 Å². The maximum Gasteiger partial charge on any atom is 0.290 e. The van der Waals surface area contributed by atoms with Crippen LogP contribution in [0.1, 0.15) is 49.2 Å². The molecule has 0 spiro atoms. The molecule has 32 heavy (non-hydrogen) atoms. The number of nitrogens with one attached hydrogen (secondary N) is 1. The van der Waals surface area contributed by atoms with E-state index in [1.165, 1.54) is 22.8 Å². The lowest BCUT2D eigenvalue weighted by Crippen LogP contribution is -2.33. The Bertz CT molecular complexity index is 1090. The number of carbonyl (C=O) groups is 1. The SMILES string of the molecule is CC1CCc2c(ccc3c2nc(Cc2cccc(F)c2)n3C2CCNCC2)N1C.O=CO. The van der Waals surface area contributed by atoms with E-state index in [-0.39, 0.29) is 12.3 Å². The van der Waals surface area contributed by atoms with Crippen molar-refractivity contribution >= 4 is 23.2 Å². The maximum atomic E-state index is 13.8. The lowest BCUT2D eigenvalue weighted by molar-refractivity contribution is -0.122. The molecule has 0 aliphatic carbocycles. The summed E-state index contributed by atoms with van der Waals surface area (Å²) >= 11 is 0. The summed E-state index contributed by atoms with van der Waals surface area (Å²) in [6, 6.07) is 12.5. The van der Waals surface area contributed by atoms with Crippen LogP contribution >= 0.6 is 0 Å². The molecule has 1 fully saturated rings. The van der Waals surface area contributed by atoms with Crippen molar-refractivity contribution in [3.05, 3.63) is 59.2 Å². The van der Waals surface area contributed by atoms with Crippen LogP contribution in [0.5, 0.6) is 0 Å². The van der Waals surface area contributed by atoms with Crippen molar-refractivity contribution < 1.29 is 14.3 Å². The van der Waals surface area contributed by atoms with Gasteiger partial charge in [0, 0.05) is 36.8 Å². The third-order valence-electron chi connectivity index (χ3n) is 6.79. The molecule has 3 aromatic rings. The Balaban J connectivity index is 0.000000775. The van der Waals surface area contributed by atoms with Crippen molar-refractivity contribution in [1.29, 1.82) is 0 Å². The zero-order valence-corrected chi connectivity index (χ0v) is 18.7. The first-order valence-electron chi connectivity index (χ1n) is 11.3. The fourth-order valence-electron chi connectivity index (χ4n) is 5.04. The molecule has 2 N–H and O–H groups in total. The number of piperidine rings is 1. The Hall–Kier alpha value is -2.93. The largest absolute Gasteiger partial charge is 0.483 e. The average Bonchev–Trinajstić information content (AvgIpc) is 3.15. The van der Waals surface area contributed by atoms with Gasteiger partial charge in [-0.15, -0.1) is 0 Å². The third kappa shape index (κ3) is 4.35. The van der Waals surface area contributed by atoms with Gasteiger partial charge in [-0.2, -0.15) is 0 Å². The Kier molecular flexibility index (Phi) is 6.74. The molecule has 6 nitrogen and oxygen atoms in total. The van der Waals surface area contributed by atoms with Crippen LogP contribution in [-0.2, 0) is 17.6 Å². The number of anilines is 1. The average molecular weight is 439 g/mol. The first-order valence-corrected chi connectivity index (χ1v) is 11.3. The Morgan fingerprint density at radius 2 is 1.97 bits per heavy atom. The molecule has 0 radical (unpaired) electrons. The van der Waals surface area contributed by atoms with Gasteiger partial charge in [0.2, 0.25) is 0 Å². The maximum absolute atomic E-state index is 13.8. The van der Waals surface area contributed by atoms with Crippen LogP contribution in [0.3, 0.4) is 0 Å². The Labute approximate surface area is 188 Å². The Morgan fingerprint density at radius 3 is 2.69 bits per heavy atom. The van der Waals surface area contributed by atoms with Crippen molar-refractivity contribution in [2.24, 2.45) is 0 Å². The number of benzene rings is 2. The summed E-state index contributed by atoms with van der Waals surface area (Å²) < 4.78 is 16.3. The van der Waals surface area contributed by atoms with Crippen molar-refractivity contribution in [1.82, 2.24) is 14.9 Å². The number of nitrogens with zero attached hydrogens (tertiary/aromatic N) is 3. The highest BCUT2D eigenvalue weighted by molar-refractivity contribution is 5.86. The van der Waals surface area contributed by atoms with Crippen LogP contribution in [-0.4, -0.2) is 47.3 Å². The molecule has 2 aliphatic rings. The number of aryl methyl sites for hydroxylation is 1. The summed E-state index contributed by atoms with van der Waals surface area (Å²) in [5.41, 5.74) is 6.05. The summed E-state index contributed by atoms with van der Waals surface area (Å²) in [5, 5.41) is 10.4. The van der Waals surface area contributed by atoms with Gasteiger partial charge in [0.05, 0.1) is 11.0 Å². The van der Waals surface area contributed by atoms with Crippen molar-refractivity contribution in [3.8, 4) is 0 Å². The van der Waals surface area contributed by atoms with E-state index in [1.54, 1.807) is 12.1 Å². The number of hydrogen-bond acceptors (Lipinski definition) is 4. The molecule has 1 aromatic heterocycles. The van der Waals surface area contributed by atoms with Gasteiger partial charge in [-0.1, -0.05) is 12.1 Å². The van der Waals surface area contributed by atoms with Crippen LogP contribution in [0.2, 0.25) is 0 Å². The fraction of sp³-hybridized carbons (Fsp3) is 0.440. The van der Waals surface area contributed by atoms with Gasteiger partial charge in [0.15, 0.2) is 0 Å². The quantitative estimate of drug-likeness (QED) is 0.601. The molecular weight excluding hydrogens is 407 g/mol. The summed E-state index contributed by atoms with van der Waals surface area (Å²) in [6.07, 6.45) is 5.10. The summed E-state index contributed by atoms with van der Waals surface area (Å²) in [4.78, 5) is 15.9. The summed E-state index contributed by atoms with van der Waals surface area (Å²) in [5.74, 6) is 0.882. The lowest BCUT2D eigenvalue weighted by Gasteiger charge is -2.34. The van der Waals surface area contributed by atoms with Gasteiger partial charge in [0.1, 0.15) is 11.6 Å². The molecule has 5 rings (SSSR count). The topological polar surface area (TPSA) is 70.4 Å². The molecule has 1 atom stereocenters. The minimum Gasteiger partial charge on any atom is -0.483 e. The van der Waals surface area contributed by atoms with Crippen LogP contribution in [0.15, 0.2) is 36.4 Å². The minimum atomic E-state index is -0.250. The molecule has 0 bridgehead atoms. The van der Waals surface area contributed by atoms with Gasteiger partial charge in [0.25, 0.3) is 6.47 Å². The first kappa shape index (κ1) is 22.3. The molecule has 7 heteroatoms. The van der Waals surface area contributed by atoms with Crippen LogP contribution < -0.4 is 10.2 Å². The second-order valence-electron chi connectivity index (χ2n) is 8.72. The van der Waals surface area contributed by atoms with Crippen molar-refractivity contribution in [2.45, 2.75) is 51.1 Å². The standard InChI is InChI=1S/C24H29FN4.CH2O2/c1-16-6-7-20-21(28(16)2)8-9-22-24(20)27-23(15-17-4-3-5-18(25)14-17)29(22)19-10-12-26-13-11-19;2-1-3/h3-5,8-9,14,16,19,26H,6-7,10-13,15H2,1-2H3;1H,(H,2,3). The Morgan fingerprint density at radius 1 is 1.22 bits per heavy atom. The van der Waals surface area contributed by atoms with Crippen molar-refractivity contribution in [3.63, 3.8) is 0 Å². The monoisotopic (exact) mass is 438 g/mol. The first-order chi connectivity index (χ1) is 15.5. The second-order valence-corrected chi connectivity index (χ2v) is 8.72. The number of halogens is 1. The van der Waals surface area contributed by atoms with Crippen LogP contribution in [0.4, 0.5) is 10.1 Å². The minimum absolute atomic E-state index is 0.181. The predicted octanol–water partition coefficient (Wildman–Crippen LogP) is 4.16. The van der Waals surface area contributed by atoms with Gasteiger partial charge in [-0.25, -0.2) is 9.37 Å². The molecule has 170 valence electrons. The molecule has 2 aliphatic heterocycles. The van der Waals surface area contributed by atoms with E-state index in [0.717, 1.165) is 55.7 Å². The van der Waals surface area contributed by atoms with E-state index in [9.17, 15) is 4.39 Å². The molecule has 0 amide bonds. The van der Waals surface area contributed by atoms with E-state index in [2.05, 4.69) is 40.9 Å². The molecule has 0 saturated carbocycles. The van der Waals surface area contributed by atoms with Gasteiger partial charge < -0.3 is 19.9 Å². The number of hydrogen-bond donors (Lipinski definition) is 2. The predicted molar refractivity (Wildman–Crippen MR) is 125 cm³/mol. The summed E-state index contributed by atoms with van der Waals surface area (Å²) in [6.45, 7) is 4.11. The van der Waals surface area contributed by atoms with Crippen LogP contribution in [0.25, 0.3) is 11.0 Å². The van der Waals surface area contributed by atoms with Crippen molar-refractivity contribution in [2.75, 3.05) is 25.0 Å². The third-order valence-corrected chi connectivity index (χ3v) is 6.79. The zero-order chi connectivity index (χ0) is 22.7. The highest BCUT2D eigenvalue weighted by atomic mass is 19.1. The van der Waals surface area contributed by atoms with E-state index in [1.807, 2.05) is 6.07 Å². The molecule has 3 heterocycles. The highest BCUT2D eigenvalue weighted by Crippen LogP contribution is 2.37. The van der Waals surface area contributed by atoms with Gasteiger partial charge in [-0.3, -0.25) is 4.79 Å². The molecule has 1 saturated heterocycles. The highest BCUT2D eigenvalue weighted by Gasteiger charge is 2.27. The number of carboxylic acid groups (broad SMARTS) is 1. The molecule has 1 unspecified atom stereocenters. The number of rotatable bonds is 3. The zero-order valence-electron chi connectivity index (χ0n) is 18.7. The smallest absolute Gasteiger partial charge is 0.290 e. The van der Waals surface area contributed by atoms with Crippen LogP contribution in [0, 0.1) is 5.82 Å². The number of fused-ring (bicyclic) bond motifs is 3. The fourth-order valence-corrected chi connectivity index (χ4v) is 5.04. The van der Waals surface area contributed by atoms with Gasteiger partial charge in [-0.05, 0) is 75.5 Å². The number of imidazole rings is 1. The normalized spacial score (nSPS) is 18.7. The lowest BCUT2D eigenvalue weighted by atomic mass is 9.96. The van der Waals surface area contributed by atoms with E-state index in [4.69, 9.17) is 14.9 Å². The van der Waals surface area contributed by atoms with E-state index in [0.29, 0.717) is 18.5 Å².